The van der Waals surface area contributed by atoms with Crippen LogP contribution in [0.4, 0.5) is 15.3 Å². The van der Waals surface area contributed by atoms with E-state index >= 15 is 0 Å². The summed E-state index contributed by atoms with van der Waals surface area (Å²) in [4.78, 5) is 86.4. The van der Waals surface area contributed by atoms with Gasteiger partial charge < -0.3 is 44.4 Å². The van der Waals surface area contributed by atoms with Gasteiger partial charge in [0.05, 0.1) is 20.3 Å². The molecule has 354 valence electrons. The van der Waals surface area contributed by atoms with Crippen LogP contribution in [0.5, 0.6) is 5.75 Å². The van der Waals surface area contributed by atoms with Crippen LogP contribution in [-0.2, 0) is 28.5 Å². The topological polar surface area (TPSA) is 246 Å². The zero-order valence-corrected chi connectivity index (χ0v) is 38.4. The number of rotatable bonds is 18. The lowest BCUT2D eigenvalue weighted by atomic mass is 9.94. The minimum absolute atomic E-state index is 0.0401. The van der Waals surface area contributed by atoms with Gasteiger partial charge in [-0.1, -0.05) is 26.5 Å². The molecule has 2 aliphatic rings. The van der Waals surface area contributed by atoms with Crippen LogP contribution in [0.1, 0.15) is 96.8 Å². The van der Waals surface area contributed by atoms with Gasteiger partial charge >= 0.3 is 24.1 Å². The van der Waals surface area contributed by atoms with Crippen molar-refractivity contribution in [1.82, 2.24) is 25.8 Å². The van der Waals surface area contributed by atoms with Gasteiger partial charge in [-0.05, 0) is 94.0 Å². The van der Waals surface area contributed by atoms with Crippen LogP contribution < -0.4 is 26.0 Å². The lowest BCUT2D eigenvalue weighted by Crippen LogP contribution is -2.48. The zero-order chi connectivity index (χ0) is 48.1. The van der Waals surface area contributed by atoms with Crippen molar-refractivity contribution in [3.63, 3.8) is 0 Å². The molecule has 5 N–H and O–H groups in total. The smallest absolute Gasteiger partial charge is 0.412 e. The Labute approximate surface area is 383 Å². The molecular formula is C47H59N7O12. The van der Waals surface area contributed by atoms with Crippen LogP contribution >= 0.6 is 0 Å². The van der Waals surface area contributed by atoms with Crippen LogP contribution in [0.15, 0.2) is 55.1 Å². The molecule has 2 unspecified atom stereocenters. The first kappa shape index (κ1) is 50.1. The number of aromatic nitrogens is 1. The molecule has 5 rings (SSSR count). The number of pyridine rings is 1. The Morgan fingerprint density at radius 2 is 1.64 bits per heavy atom. The maximum absolute atomic E-state index is 14.2. The minimum atomic E-state index is -1.51. The highest BCUT2D eigenvalue weighted by Crippen LogP contribution is 2.35. The highest BCUT2D eigenvalue weighted by molar-refractivity contribution is 6.11. The van der Waals surface area contributed by atoms with Gasteiger partial charge in [0.15, 0.2) is 5.69 Å². The Morgan fingerprint density at radius 3 is 2.26 bits per heavy atom. The van der Waals surface area contributed by atoms with Crippen molar-refractivity contribution >= 4 is 53.5 Å². The first-order valence-electron chi connectivity index (χ1n) is 21.6. The second-order valence-corrected chi connectivity index (χ2v) is 17.0. The van der Waals surface area contributed by atoms with Crippen molar-refractivity contribution in [3.05, 3.63) is 83.2 Å². The molecule has 19 heteroatoms. The molecule has 66 heavy (non-hydrogen) atoms. The van der Waals surface area contributed by atoms with Gasteiger partial charge in [0.2, 0.25) is 6.29 Å². The Morgan fingerprint density at radius 1 is 0.939 bits per heavy atom. The molecule has 4 amide bonds. The molecule has 2 aromatic carbocycles. The fourth-order valence-corrected chi connectivity index (χ4v) is 6.57. The van der Waals surface area contributed by atoms with E-state index in [2.05, 4.69) is 37.7 Å². The molecule has 1 saturated carbocycles. The fourth-order valence-electron chi connectivity index (χ4n) is 6.57. The van der Waals surface area contributed by atoms with Crippen LogP contribution in [0.3, 0.4) is 0 Å². The number of methoxy groups -OCH3 is 1. The summed E-state index contributed by atoms with van der Waals surface area (Å²) >= 11 is 0. The molecule has 2 atom stereocenters. The van der Waals surface area contributed by atoms with Crippen LogP contribution in [-0.4, -0.2) is 123 Å². The summed E-state index contributed by atoms with van der Waals surface area (Å²) in [5, 5.41) is 18.9. The third-order valence-electron chi connectivity index (χ3n) is 10.2. The number of benzene rings is 2. The summed E-state index contributed by atoms with van der Waals surface area (Å²) in [7, 11) is 1.42. The Hall–Kier alpha value is -6.86. The maximum Gasteiger partial charge on any atom is 0.412 e. The van der Waals surface area contributed by atoms with E-state index in [1.807, 2.05) is 0 Å². The van der Waals surface area contributed by atoms with Crippen LogP contribution in [0, 0.1) is 17.2 Å². The predicted molar refractivity (Wildman–Crippen MR) is 243 cm³/mol. The molecule has 1 aromatic heterocycles. The third-order valence-corrected chi connectivity index (χ3v) is 10.2. The number of anilines is 1. The fraction of sp³-hybridized carbons (Fsp3) is 0.447. The second kappa shape index (κ2) is 22.9. The van der Waals surface area contributed by atoms with E-state index in [9.17, 15) is 28.8 Å². The van der Waals surface area contributed by atoms with Gasteiger partial charge in [0.1, 0.15) is 35.5 Å². The van der Waals surface area contributed by atoms with Crippen LogP contribution in [0.2, 0.25) is 0 Å². The maximum atomic E-state index is 14.2. The summed E-state index contributed by atoms with van der Waals surface area (Å²) in [6.07, 6.45) is 0.321. The number of amides is 4. The number of esters is 2. The largest absolute Gasteiger partial charge is 0.496 e. The quantitative estimate of drug-likeness (QED) is 0.0335. The first-order chi connectivity index (χ1) is 31.3. The summed E-state index contributed by atoms with van der Waals surface area (Å²) < 4.78 is 32.6. The van der Waals surface area contributed by atoms with Crippen molar-refractivity contribution in [1.29, 1.82) is 5.41 Å². The molecule has 19 nitrogen and oxygen atoms in total. The SMILES string of the molecule is C=Cc1cc(C(=O)Nc2ccc(C(=N)NC(=O)OCCN3CCOCC3)cc2)c(-c2ccc(C(=O)NCC3CC3)nc2C(=O)OC(C)OC(=O)C(NC(=O)OC(C)(C)C)C(C)C)cc1OC. The van der Waals surface area contributed by atoms with Crippen molar-refractivity contribution in [2.75, 3.05) is 58.4 Å². The van der Waals surface area contributed by atoms with E-state index < -0.39 is 59.8 Å². The number of amidine groups is 1. The average Bonchev–Trinajstić information content (AvgIpc) is 4.11. The normalized spacial score (nSPS) is 14.7. The van der Waals surface area contributed by atoms with Crippen LogP contribution in [0.25, 0.3) is 17.2 Å². The first-order valence-corrected chi connectivity index (χ1v) is 21.6. The molecule has 1 saturated heterocycles. The van der Waals surface area contributed by atoms with E-state index in [1.165, 1.54) is 56.5 Å². The Bertz CT molecular complexity index is 2280. The number of hydrogen-bond donors (Lipinski definition) is 5. The second-order valence-electron chi connectivity index (χ2n) is 17.0. The minimum Gasteiger partial charge on any atom is -0.496 e. The molecule has 3 aromatic rings. The lowest BCUT2D eigenvalue weighted by Gasteiger charge is -2.26. The van der Waals surface area contributed by atoms with E-state index in [-0.39, 0.29) is 46.3 Å². The summed E-state index contributed by atoms with van der Waals surface area (Å²) in [6, 6.07) is 10.9. The predicted octanol–water partition coefficient (Wildman–Crippen LogP) is 5.77. The van der Waals surface area contributed by atoms with E-state index in [0.717, 1.165) is 25.9 Å². The highest BCUT2D eigenvalue weighted by Gasteiger charge is 2.32. The number of carbonyl (C=O) groups excluding carboxylic acids is 6. The zero-order valence-electron chi connectivity index (χ0n) is 38.4. The van der Waals surface area contributed by atoms with E-state index in [4.69, 9.17) is 33.8 Å². The number of ether oxygens (including phenoxy) is 6. The number of carbonyl (C=O) groups is 6. The average molecular weight is 914 g/mol. The van der Waals surface area contributed by atoms with Crippen molar-refractivity contribution < 1.29 is 57.2 Å². The standard InChI is InChI=1S/C47H59N7O12/c1-9-30-24-35(41(55)50-32-14-12-31(13-15-32)40(48)53-45(59)63-23-20-54-18-21-62-22-19-54)34(25-37(30)61-8)33-16-17-36(42(56)49-26-29-10-11-29)51-39(33)44(58)65-28(4)64-43(57)38(27(2)3)52-46(60)66-47(5,6)7/h9,12-17,24-25,27-29,38H,1,10-11,18-23,26H2,2-8H3,(H,49,56)(H,50,55)(H,52,60)(H2,48,53,59). The number of hydrogen-bond acceptors (Lipinski definition) is 15. The van der Waals surface area contributed by atoms with Gasteiger partial charge in [0.25, 0.3) is 11.8 Å². The molecule has 0 radical (unpaired) electrons. The van der Waals surface area contributed by atoms with Gasteiger partial charge in [-0.3, -0.25) is 25.2 Å². The molecule has 0 spiro atoms. The van der Waals surface area contributed by atoms with Crippen molar-refractivity contribution in [2.45, 2.75) is 72.3 Å². The molecule has 2 fully saturated rings. The Balaban J connectivity index is 1.38. The molecule has 0 bridgehead atoms. The third kappa shape index (κ3) is 14.6. The number of alkyl carbamates (subject to hydrolysis) is 2. The summed E-state index contributed by atoms with van der Waals surface area (Å²) in [6.45, 7) is 17.4. The summed E-state index contributed by atoms with van der Waals surface area (Å²) in [5.74, 6) is -3.20. The molecule has 1 aliphatic carbocycles. The monoisotopic (exact) mass is 913 g/mol. The Kier molecular flexibility index (Phi) is 17.4. The van der Waals surface area contributed by atoms with Gasteiger partial charge in [-0.2, -0.15) is 0 Å². The van der Waals surface area contributed by atoms with Gasteiger partial charge in [-0.25, -0.2) is 24.2 Å². The number of nitrogens with one attached hydrogen (secondary N) is 5. The molecule has 1 aliphatic heterocycles. The number of nitrogens with zero attached hydrogens (tertiary/aromatic N) is 2. The van der Waals surface area contributed by atoms with Crippen molar-refractivity contribution in [3.8, 4) is 16.9 Å². The van der Waals surface area contributed by atoms with E-state index in [1.54, 1.807) is 46.8 Å². The van der Waals surface area contributed by atoms with Gasteiger partial charge in [0, 0.05) is 66.6 Å². The van der Waals surface area contributed by atoms with Gasteiger partial charge in [-0.15, -0.1) is 0 Å². The summed E-state index contributed by atoms with van der Waals surface area (Å²) in [5.41, 5.74) is 0.0256. The number of morpholine rings is 1. The lowest BCUT2D eigenvalue weighted by molar-refractivity contribution is -0.169. The molecule has 2 heterocycles. The van der Waals surface area contributed by atoms with E-state index in [0.29, 0.717) is 49.0 Å². The molecular weight excluding hydrogens is 855 g/mol. The van der Waals surface area contributed by atoms with Crippen molar-refractivity contribution in [2.24, 2.45) is 11.8 Å². The highest BCUT2D eigenvalue weighted by atomic mass is 16.7.